The number of carboxylic acids is 2. The lowest BCUT2D eigenvalue weighted by Gasteiger charge is -2.34. The van der Waals surface area contributed by atoms with Crippen LogP contribution >= 0.6 is 15.9 Å². The molecule has 0 bridgehead atoms. The van der Waals surface area contributed by atoms with Gasteiger partial charge in [-0.3, -0.25) is 14.4 Å². The molecule has 4 atom stereocenters. The van der Waals surface area contributed by atoms with Gasteiger partial charge in [0.05, 0.1) is 16.7 Å². The quantitative estimate of drug-likeness (QED) is 0.593. The molecule has 4 unspecified atom stereocenters. The molecular formula is C10H13BrO6. The summed E-state index contributed by atoms with van der Waals surface area (Å²) in [5, 5.41) is 17.9. The monoisotopic (exact) mass is 308 g/mol. The Hall–Kier alpha value is -1.11. The summed E-state index contributed by atoms with van der Waals surface area (Å²) in [4.78, 5) is 32.5. The van der Waals surface area contributed by atoms with Gasteiger partial charge in [-0.15, -0.1) is 0 Å². The third kappa shape index (κ3) is 3.42. The van der Waals surface area contributed by atoms with E-state index in [-0.39, 0.29) is 17.7 Å². The van der Waals surface area contributed by atoms with Crippen LogP contribution in [0.1, 0.15) is 19.8 Å². The van der Waals surface area contributed by atoms with Gasteiger partial charge in [0, 0.05) is 6.92 Å². The molecule has 0 aromatic carbocycles. The number of carbonyl (C=O) groups is 3. The van der Waals surface area contributed by atoms with Crippen LogP contribution in [0, 0.1) is 11.8 Å². The molecule has 0 aromatic rings. The van der Waals surface area contributed by atoms with Crippen LogP contribution in [0.25, 0.3) is 0 Å². The first-order valence-electron chi connectivity index (χ1n) is 5.09. The maximum absolute atomic E-state index is 11.0. The number of carbonyl (C=O) groups excluding carboxylic acids is 1. The van der Waals surface area contributed by atoms with Crippen molar-refractivity contribution in [1.29, 1.82) is 0 Å². The van der Waals surface area contributed by atoms with E-state index >= 15 is 0 Å². The van der Waals surface area contributed by atoms with Crippen molar-refractivity contribution in [3.63, 3.8) is 0 Å². The van der Waals surface area contributed by atoms with Crippen LogP contribution in [0.3, 0.4) is 0 Å². The molecule has 0 heterocycles. The van der Waals surface area contributed by atoms with E-state index in [2.05, 4.69) is 15.9 Å². The molecule has 0 radical (unpaired) electrons. The molecule has 0 spiro atoms. The molecule has 2 N–H and O–H groups in total. The summed E-state index contributed by atoms with van der Waals surface area (Å²) in [6.07, 6.45) is -0.448. The number of alkyl halides is 1. The third-order valence-corrected chi connectivity index (χ3v) is 3.77. The van der Waals surface area contributed by atoms with E-state index in [1.165, 1.54) is 6.92 Å². The molecular weight excluding hydrogens is 296 g/mol. The molecule has 1 saturated carbocycles. The van der Waals surface area contributed by atoms with Gasteiger partial charge < -0.3 is 14.9 Å². The zero-order valence-corrected chi connectivity index (χ0v) is 10.7. The Labute approximate surface area is 106 Å². The van der Waals surface area contributed by atoms with Crippen molar-refractivity contribution in [2.45, 2.75) is 30.7 Å². The lowest BCUT2D eigenvalue weighted by atomic mass is 9.78. The second kappa shape index (κ2) is 5.48. The summed E-state index contributed by atoms with van der Waals surface area (Å²) in [5.41, 5.74) is 0. The van der Waals surface area contributed by atoms with E-state index in [4.69, 9.17) is 14.9 Å². The number of hydrogen-bond donors (Lipinski definition) is 2. The van der Waals surface area contributed by atoms with Crippen molar-refractivity contribution in [1.82, 2.24) is 0 Å². The van der Waals surface area contributed by atoms with E-state index in [1.807, 2.05) is 0 Å². The fraction of sp³-hybridized carbons (Fsp3) is 0.700. The molecule has 1 rings (SSSR count). The Kier molecular flexibility index (Phi) is 4.50. The molecule has 6 nitrogen and oxygen atoms in total. The Morgan fingerprint density at radius 2 is 1.59 bits per heavy atom. The molecule has 17 heavy (non-hydrogen) atoms. The first-order valence-corrected chi connectivity index (χ1v) is 6.01. The molecule has 1 aliphatic rings. The Bertz CT molecular complexity index is 342. The lowest BCUT2D eigenvalue weighted by Crippen LogP contribution is -2.44. The summed E-state index contributed by atoms with van der Waals surface area (Å²) in [6, 6.07) is 0. The fourth-order valence-electron chi connectivity index (χ4n) is 2.00. The maximum Gasteiger partial charge on any atom is 0.307 e. The first kappa shape index (κ1) is 14.0. The number of esters is 1. The van der Waals surface area contributed by atoms with Crippen LogP contribution in [0.2, 0.25) is 0 Å². The van der Waals surface area contributed by atoms with Crippen LogP contribution in [0.5, 0.6) is 0 Å². The number of rotatable bonds is 3. The molecule has 0 amide bonds. The molecule has 96 valence electrons. The largest absolute Gasteiger partial charge is 0.481 e. The van der Waals surface area contributed by atoms with E-state index in [0.29, 0.717) is 0 Å². The Morgan fingerprint density at radius 3 is 2.00 bits per heavy atom. The molecule has 0 aliphatic heterocycles. The van der Waals surface area contributed by atoms with Crippen LogP contribution in [-0.4, -0.2) is 39.1 Å². The predicted molar refractivity (Wildman–Crippen MR) is 59.8 cm³/mol. The van der Waals surface area contributed by atoms with Crippen molar-refractivity contribution >= 4 is 33.8 Å². The van der Waals surface area contributed by atoms with Gasteiger partial charge in [-0.25, -0.2) is 0 Å². The highest BCUT2D eigenvalue weighted by Gasteiger charge is 2.44. The van der Waals surface area contributed by atoms with E-state index in [9.17, 15) is 14.4 Å². The lowest BCUT2D eigenvalue weighted by molar-refractivity contribution is -0.162. The topological polar surface area (TPSA) is 101 Å². The smallest absolute Gasteiger partial charge is 0.307 e. The minimum absolute atomic E-state index is 0.0157. The first-order chi connectivity index (χ1) is 7.82. The average molecular weight is 309 g/mol. The predicted octanol–water partition coefficient (Wildman–Crippen LogP) is 0.877. The van der Waals surface area contributed by atoms with Gasteiger partial charge in [-0.2, -0.15) is 0 Å². The van der Waals surface area contributed by atoms with Crippen LogP contribution in [-0.2, 0) is 19.1 Å². The molecule has 0 aromatic heterocycles. The van der Waals surface area contributed by atoms with Gasteiger partial charge in [-0.1, -0.05) is 15.9 Å². The van der Waals surface area contributed by atoms with Gasteiger partial charge in [0.2, 0.25) is 0 Å². The maximum atomic E-state index is 11.0. The van der Waals surface area contributed by atoms with Gasteiger partial charge in [-0.05, 0) is 12.8 Å². The van der Waals surface area contributed by atoms with Crippen molar-refractivity contribution in [2.24, 2.45) is 11.8 Å². The SMILES string of the molecule is CC(=O)OC1CC(C(=O)O)C(C(=O)O)CC1Br. The Balaban J connectivity index is 2.82. The summed E-state index contributed by atoms with van der Waals surface area (Å²) in [6.45, 7) is 1.23. The molecule has 0 saturated heterocycles. The second-order valence-corrected chi connectivity index (χ2v) is 5.20. The van der Waals surface area contributed by atoms with Gasteiger partial charge in [0.25, 0.3) is 0 Å². The number of aliphatic carboxylic acids is 2. The third-order valence-electron chi connectivity index (χ3n) is 2.81. The fourth-order valence-corrected chi connectivity index (χ4v) is 2.73. The zero-order chi connectivity index (χ0) is 13.2. The second-order valence-electron chi connectivity index (χ2n) is 4.02. The van der Waals surface area contributed by atoms with Crippen LogP contribution in [0.15, 0.2) is 0 Å². The highest BCUT2D eigenvalue weighted by atomic mass is 79.9. The number of hydrogen-bond acceptors (Lipinski definition) is 4. The van der Waals surface area contributed by atoms with Crippen molar-refractivity contribution in [2.75, 3.05) is 0 Å². The average Bonchev–Trinajstić information content (AvgIpc) is 2.19. The Morgan fingerprint density at radius 1 is 1.12 bits per heavy atom. The molecule has 1 fully saturated rings. The van der Waals surface area contributed by atoms with Gasteiger partial charge >= 0.3 is 17.9 Å². The van der Waals surface area contributed by atoms with Gasteiger partial charge in [0.15, 0.2) is 0 Å². The number of carboxylic acid groups (broad SMARTS) is 2. The van der Waals surface area contributed by atoms with Crippen molar-refractivity contribution < 1.29 is 29.3 Å². The minimum atomic E-state index is -1.17. The zero-order valence-electron chi connectivity index (χ0n) is 9.13. The summed E-state index contributed by atoms with van der Waals surface area (Å²) in [7, 11) is 0. The summed E-state index contributed by atoms with van der Waals surface area (Å²) in [5.74, 6) is -4.79. The normalized spacial score (nSPS) is 32.8. The van der Waals surface area contributed by atoms with Crippen molar-refractivity contribution in [3.05, 3.63) is 0 Å². The van der Waals surface area contributed by atoms with E-state index in [1.54, 1.807) is 0 Å². The van der Waals surface area contributed by atoms with Gasteiger partial charge in [0.1, 0.15) is 6.10 Å². The molecule has 1 aliphatic carbocycles. The minimum Gasteiger partial charge on any atom is -0.481 e. The van der Waals surface area contributed by atoms with Crippen LogP contribution in [0.4, 0.5) is 0 Å². The standard InChI is InChI=1S/C10H13BrO6/c1-4(12)17-8-3-6(10(15)16)5(9(13)14)2-7(8)11/h5-8H,2-3H2,1H3,(H,13,14)(H,15,16). The van der Waals surface area contributed by atoms with E-state index < -0.39 is 35.8 Å². The highest BCUT2D eigenvalue weighted by Crippen LogP contribution is 2.36. The number of halogens is 1. The van der Waals surface area contributed by atoms with Crippen LogP contribution < -0.4 is 0 Å². The summed E-state index contributed by atoms with van der Waals surface area (Å²) >= 11 is 3.24. The number of ether oxygens (including phenoxy) is 1. The summed E-state index contributed by atoms with van der Waals surface area (Å²) < 4.78 is 4.97. The highest BCUT2D eigenvalue weighted by molar-refractivity contribution is 9.09. The van der Waals surface area contributed by atoms with Crippen molar-refractivity contribution in [3.8, 4) is 0 Å². The van der Waals surface area contributed by atoms with E-state index in [0.717, 1.165) is 0 Å². The molecule has 7 heteroatoms.